The van der Waals surface area contributed by atoms with Crippen molar-refractivity contribution in [3.05, 3.63) is 59.2 Å². The first-order valence-corrected chi connectivity index (χ1v) is 14.8. The van der Waals surface area contributed by atoms with Gasteiger partial charge in [0.1, 0.15) is 34.9 Å². The molecule has 2 aromatic carbocycles. The molecule has 0 radical (unpaired) electrons. The molecule has 0 aliphatic carbocycles. The number of hydrogen-bond acceptors (Lipinski definition) is 6. The average Bonchev–Trinajstić information content (AvgIpc) is 2.85. The highest BCUT2D eigenvalue weighted by atomic mass is 19.1. The van der Waals surface area contributed by atoms with Gasteiger partial charge in [0.15, 0.2) is 0 Å². The van der Waals surface area contributed by atoms with E-state index in [0.717, 1.165) is 24.3 Å². The van der Waals surface area contributed by atoms with Crippen LogP contribution in [0.3, 0.4) is 0 Å². The fraction of sp³-hybridized carbons (Fsp3) is 0.529. The lowest BCUT2D eigenvalue weighted by Gasteiger charge is -2.26. The molecule has 2 N–H and O–H groups in total. The number of benzene rings is 2. The molecule has 10 heteroatoms. The number of amides is 2. The van der Waals surface area contributed by atoms with E-state index in [2.05, 4.69) is 10.6 Å². The van der Waals surface area contributed by atoms with Gasteiger partial charge in [-0.05, 0) is 102 Å². The molecule has 2 amide bonds. The lowest BCUT2D eigenvalue weighted by molar-refractivity contribution is -0.158. The normalized spacial score (nSPS) is 13.3. The summed E-state index contributed by atoms with van der Waals surface area (Å²) in [6.07, 6.45) is 0.523. The third-order valence-corrected chi connectivity index (χ3v) is 6.15. The smallest absolute Gasteiger partial charge is 0.329 e. The highest BCUT2D eigenvalue weighted by Crippen LogP contribution is 2.30. The van der Waals surface area contributed by atoms with E-state index in [1.165, 1.54) is 12.1 Å². The molecule has 44 heavy (non-hydrogen) atoms. The van der Waals surface area contributed by atoms with Crippen LogP contribution < -0.4 is 10.6 Å². The minimum Gasteiger partial charge on any atom is -0.458 e. The first-order valence-electron chi connectivity index (χ1n) is 14.8. The van der Waals surface area contributed by atoms with Crippen molar-refractivity contribution in [3.63, 3.8) is 0 Å². The largest absolute Gasteiger partial charge is 0.458 e. The maximum absolute atomic E-state index is 14.5. The van der Waals surface area contributed by atoms with Gasteiger partial charge in [-0.15, -0.1) is 0 Å². The molecule has 2 aromatic rings. The van der Waals surface area contributed by atoms with Crippen molar-refractivity contribution in [2.45, 2.75) is 105 Å². The lowest BCUT2D eigenvalue weighted by atomic mass is 9.93. The van der Waals surface area contributed by atoms with Crippen LogP contribution in [-0.2, 0) is 19.1 Å². The highest BCUT2D eigenvalue weighted by molar-refractivity contribution is 6.07. The van der Waals surface area contributed by atoms with Gasteiger partial charge in [-0.1, -0.05) is 39.8 Å². The van der Waals surface area contributed by atoms with Crippen LogP contribution in [0, 0.1) is 23.5 Å². The van der Waals surface area contributed by atoms with Crippen LogP contribution in [0.15, 0.2) is 36.4 Å². The van der Waals surface area contributed by atoms with Gasteiger partial charge in [0.05, 0.1) is 11.1 Å². The summed E-state index contributed by atoms with van der Waals surface area (Å²) in [5.41, 5.74) is -1.70. The van der Waals surface area contributed by atoms with E-state index in [-0.39, 0.29) is 46.9 Å². The van der Waals surface area contributed by atoms with Crippen LogP contribution in [0.1, 0.15) is 103 Å². The summed E-state index contributed by atoms with van der Waals surface area (Å²) in [5.74, 6) is -4.28. The van der Waals surface area contributed by atoms with Gasteiger partial charge in [0, 0.05) is 0 Å². The molecule has 2 unspecified atom stereocenters. The molecule has 0 aromatic heterocycles. The van der Waals surface area contributed by atoms with E-state index in [9.17, 15) is 28.0 Å². The zero-order valence-corrected chi connectivity index (χ0v) is 27.4. The van der Waals surface area contributed by atoms with Gasteiger partial charge in [0.2, 0.25) is 0 Å². The molecule has 0 saturated carbocycles. The van der Waals surface area contributed by atoms with Crippen molar-refractivity contribution in [2.75, 3.05) is 0 Å². The van der Waals surface area contributed by atoms with Gasteiger partial charge in [0.25, 0.3) is 11.8 Å². The zero-order valence-electron chi connectivity index (χ0n) is 27.4. The SMILES string of the molecule is CC(C)CC(NC(=O)c1cc(F)ccc1-c1ccc(F)cc1C(=O)NC(CC(C)C)C(=O)OC(C)(C)C)C(=O)OC(C)(C)C. The number of nitrogens with one attached hydrogen (secondary N) is 2. The third-order valence-electron chi connectivity index (χ3n) is 6.15. The maximum Gasteiger partial charge on any atom is 0.329 e. The summed E-state index contributed by atoms with van der Waals surface area (Å²) >= 11 is 0. The topological polar surface area (TPSA) is 111 Å². The number of carbonyl (C=O) groups is 4. The van der Waals surface area contributed by atoms with Crippen molar-refractivity contribution in [3.8, 4) is 11.1 Å². The summed E-state index contributed by atoms with van der Waals surface area (Å²) in [5, 5.41) is 5.32. The fourth-order valence-electron chi connectivity index (χ4n) is 4.47. The van der Waals surface area contributed by atoms with Crippen molar-refractivity contribution in [1.29, 1.82) is 0 Å². The molecule has 0 fully saturated rings. The first-order chi connectivity index (χ1) is 20.2. The number of halogens is 2. The number of ether oxygens (including phenoxy) is 2. The molecular weight excluding hydrogens is 570 g/mol. The Morgan fingerprint density at radius 2 is 0.955 bits per heavy atom. The van der Waals surface area contributed by atoms with Crippen LogP contribution in [0.5, 0.6) is 0 Å². The molecule has 2 rings (SSSR count). The molecule has 0 aliphatic heterocycles. The second-order valence-corrected chi connectivity index (χ2v) is 13.8. The second kappa shape index (κ2) is 14.8. The minimum absolute atomic E-state index is 0.0101. The number of rotatable bonds is 11. The van der Waals surface area contributed by atoms with Crippen LogP contribution in [0.2, 0.25) is 0 Å². The van der Waals surface area contributed by atoms with Crippen molar-refractivity contribution < 1.29 is 37.4 Å². The zero-order chi connectivity index (χ0) is 33.6. The molecule has 0 bridgehead atoms. The molecule has 8 nitrogen and oxygen atoms in total. The van der Waals surface area contributed by atoms with Crippen molar-refractivity contribution in [1.82, 2.24) is 10.6 Å². The minimum atomic E-state index is -1.03. The Labute approximate surface area is 259 Å². The molecule has 2 atom stereocenters. The maximum atomic E-state index is 14.5. The molecule has 0 spiro atoms. The van der Waals surface area contributed by atoms with Gasteiger partial charge in [-0.25, -0.2) is 18.4 Å². The monoisotopic (exact) mass is 616 g/mol. The molecular formula is C34H46F2N2O6. The van der Waals surface area contributed by atoms with Gasteiger partial charge in [-0.3, -0.25) is 9.59 Å². The lowest BCUT2D eigenvalue weighted by Crippen LogP contribution is -2.45. The van der Waals surface area contributed by atoms with Crippen LogP contribution in [0.25, 0.3) is 11.1 Å². The Morgan fingerprint density at radius 3 is 1.23 bits per heavy atom. The van der Waals surface area contributed by atoms with Crippen LogP contribution >= 0.6 is 0 Å². The summed E-state index contributed by atoms with van der Waals surface area (Å²) < 4.78 is 40.0. The predicted octanol–water partition coefficient (Wildman–Crippen LogP) is 6.60. The van der Waals surface area contributed by atoms with E-state index >= 15 is 0 Å². The molecule has 0 saturated heterocycles. The van der Waals surface area contributed by atoms with E-state index < -0.39 is 58.7 Å². The third kappa shape index (κ3) is 11.4. The highest BCUT2D eigenvalue weighted by Gasteiger charge is 2.31. The van der Waals surface area contributed by atoms with Gasteiger partial charge >= 0.3 is 11.9 Å². The summed E-state index contributed by atoms with van der Waals surface area (Å²) in [6.45, 7) is 17.8. The second-order valence-electron chi connectivity index (χ2n) is 13.8. The Morgan fingerprint density at radius 1 is 0.636 bits per heavy atom. The van der Waals surface area contributed by atoms with E-state index in [1.54, 1.807) is 41.5 Å². The first kappa shape index (κ1) is 36.4. The Kier molecular flexibility index (Phi) is 12.2. The van der Waals surface area contributed by atoms with Crippen LogP contribution in [-0.4, -0.2) is 47.0 Å². The molecule has 0 aliphatic rings. The number of carbonyl (C=O) groups excluding carboxylic acids is 4. The standard InChI is InChI=1S/C34H46F2N2O6/c1-19(2)15-27(31(41)43-33(5,6)7)37-29(39)25-17-21(35)11-13-23(25)24-14-12-22(36)18-26(24)30(40)38-28(16-20(3)4)32(42)44-34(8,9)10/h11-14,17-20,27-28H,15-16H2,1-10H3,(H,37,39)(H,38,40). The average molecular weight is 617 g/mol. The fourth-order valence-corrected chi connectivity index (χ4v) is 4.47. The summed E-state index contributed by atoms with van der Waals surface area (Å²) in [7, 11) is 0. The van der Waals surface area contributed by atoms with E-state index in [1.807, 2.05) is 27.7 Å². The van der Waals surface area contributed by atoms with Crippen molar-refractivity contribution >= 4 is 23.8 Å². The van der Waals surface area contributed by atoms with Crippen LogP contribution in [0.4, 0.5) is 8.78 Å². The summed E-state index contributed by atoms with van der Waals surface area (Å²) in [6, 6.07) is 4.74. The van der Waals surface area contributed by atoms with E-state index in [0.29, 0.717) is 0 Å². The number of hydrogen-bond donors (Lipinski definition) is 2. The van der Waals surface area contributed by atoms with Gasteiger partial charge < -0.3 is 20.1 Å². The summed E-state index contributed by atoms with van der Waals surface area (Å²) in [4.78, 5) is 53.1. The van der Waals surface area contributed by atoms with Gasteiger partial charge in [-0.2, -0.15) is 0 Å². The van der Waals surface area contributed by atoms with Crippen molar-refractivity contribution in [2.24, 2.45) is 11.8 Å². The predicted molar refractivity (Wildman–Crippen MR) is 165 cm³/mol. The Hall–Kier alpha value is -3.82. The Balaban J connectivity index is 2.55. The molecule has 0 heterocycles. The Bertz CT molecular complexity index is 1260. The molecule has 242 valence electrons. The quantitative estimate of drug-likeness (QED) is 0.275. The van der Waals surface area contributed by atoms with E-state index in [4.69, 9.17) is 9.47 Å². The number of esters is 2.